The van der Waals surface area contributed by atoms with E-state index in [1.165, 1.54) is 6.21 Å². The van der Waals surface area contributed by atoms with Crippen molar-refractivity contribution in [3.8, 4) is 5.75 Å². The van der Waals surface area contributed by atoms with Crippen LogP contribution in [0.5, 0.6) is 5.75 Å². The van der Waals surface area contributed by atoms with Crippen LogP contribution in [-0.2, 0) is 19.1 Å². The second kappa shape index (κ2) is 11.5. The normalized spacial score (nSPS) is 15.4. The summed E-state index contributed by atoms with van der Waals surface area (Å²) in [5, 5.41) is 9.02. The van der Waals surface area contributed by atoms with Gasteiger partial charge in [0.1, 0.15) is 5.75 Å². The molecule has 1 atom stereocenters. The van der Waals surface area contributed by atoms with Gasteiger partial charge in [-0.05, 0) is 54.8 Å². The van der Waals surface area contributed by atoms with E-state index in [1.807, 2.05) is 18.2 Å². The van der Waals surface area contributed by atoms with E-state index in [-0.39, 0.29) is 18.6 Å². The van der Waals surface area contributed by atoms with E-state index in [2.05, 4.69) is 21.2 Å². The molecule has 162 valence electrons. The van der Waals surface area contributed by atoms with Crippen molar-refractivity contribution in [2.45, 2.75) is 18.9 Å². The van der Waals surface area contributed by atoms with Gasteiger partial charge in [-0.2, -0.15) is 5.10 Å². The Morgan fingerprint density at radius 1 is 1.06 bits per heavy atom. The number of carbonyl (C=O) groups is 3. The third-order valence-corrected chi connectivity index (χ3v) is 4.41. The van der Waals surface area contributed by atoms with E-state index in [0.717, 1.165) is 12.8 Å². The lowest BCUT2D eigenvalue weighted by Crippen LogP contribution is -2.41. The minimum absolute atomic E-state index is 0.0367. The summed E-state index contributed by atoms with van der Waals surface area (Å²) in [5.41, 5.74) is 3.56. The fourth-order valence-electron chi connectivity index (χ4n) is 2.83. The van der Waals surface area contributed by atoms with E-state index in [1.54, 1.807) is 36.4 Å². The minimum Gasteiger partial charge on any atom is -0.484 e. The number of para-hydroxylation sites is 1. The van der Waals surface area contributed by atoms with Crippen LogP contribution >= 0.6 is 0 Å². The molecule has 1 saturated heterocycles. The summed E-state index contributed by atoms with van der Waals surface area (Å²) < 4.78 is 10.8. The molecule has 0 aromatic heterocycles. The number of nitrogens with zero attached hydrogens (tertiary/aromatic N) is 1. The van der Waals surface area contributed by atoms with Crippen LogP contribution in [0, 0.1) is 0 Å². The van der Waals surface area contributed by atoms with Crippen molar-refractivity contribution in [2.75, 3.05) is 25.1 Å². The van der Waals surface area contributed by atoms with Crippen LogP contribution in [0.25, 0.3) is 0 Å². The highest BCUT2D eigenvalue weighted by Gasteiger charge is 2.18. The maximum atomic E-state index is 11.9. The largest absolute Gasteiger partial charge is 0.484 e. The number of rotatable bonds is 8. The Balaban J connectivity index is 1.37. The molecule has 3 amide bonds. The number of hydrogen-bond donors (Lipinski definition) is 3. The molecule has 2 aromatic rings. The zero-order chi connectivity index (χ0) is 21.9. The number of anilines is 1. The highest BCUT2D eigenvalue weighted by Crippen LogP contribution is 2.12. The highest BCUT2D eigenvalue weighted by molar-refractivity contribution is 6.35. The standard InChI is InChI=1S/C22H24N4O5/c27-20(25-17-5-2-1-3-6-17)15-31-18-10-8-16(9-11-18)13-24-26-22(29)21(28)23-14-19-7-4-12-30-19/h1-3,5-6,8-11,13,19H,4,7,12,14-15H2,(H,23,28)(H,25,27)(H,26,29)/b24-13-/t19-/m0/s1. The van der Waals surface area contributed by atoms with Crippen LogP contribution in [0.3, 0.4) is 0 Å². The molecule has 0 bridgehead atoms. The third-order valence-electron chi connectivity index (χ3n) is 4.41. The predicted octanol–water partition coefficient (Wildman–Crippen LogP) is 1.45. The summed E-state index contributed by atoms with van der Waals surface area (Å²) in [5.74, 6) is -1.36. The van der Waals surface area contributed by atoms with E-state index < -0.39 is 11.8 Å². The number of carbonyl (C=O) groups excluding carboxylic acids is 3. The Kier molecular flexibility index (Phi) is 8.13. The minimum atomic E-state index is -0.848. The lowest BCUT2D eigenvalue weighted by molar-refractivity contribution is -0.139. The second-order valence-electron chi connectivity index (χ2n) is 6.82. The summed E-state index contributed by atoms with van der Waals surface area (Å²) in [4.78, 5) is 35.4. The lowest BCUT2D eigenvalue weighted by Gasteiger charge is -2.09. The molecule has 1 aliphatic rings. The van der Waals surface area contributed by atoms with Crippen LogP contribution in [0.15, 0.2) is 59.7 Å². The summed E-state index contributed by atoms with van der Waals surface area (Å²) in [6.45, 7) is 0.863. The maximum absolute atomic E-state index is 11.9. The summed E-state index contributed by atoms with van der Waals surface area (Å²) in [6.07, 6.45) is 3.20. The van der Waals surface area contributed by atoms with E-state index in [9.17, 15) is 14.4 Å². The Morgan fingerprint density at radius 2 is 1.84 bits per heavy atom. The number of nitrogens with one attached hydrogen (secondary N) is 3. The summed E-state index contributed by atoms with van der Waals surface area (Å²) in [6, 6.07) is 15.9. The maximum Gasteiger partial charge on any atom is 0.329 e. The van der Waals surface area contributed by atoms with Crippen molar-refractivity contribution in [3.63, 3.8) is 0 Å². The molecule has 0 saturated carbocycles. The van der Waals surface area contributed by atoms with Gasteiger partial charge in [0.25, 0.3) is 5.91 Å². The molecule has 1 fully saturated rings. The Morgan fingerprint density at radius 3 is 2.55 bits per heavy atom. The number of ether oxygens (including phenoxy) is 2. The van der Waals surface area contributed by atoms with E-state index in [4.69, 9.17) is 9.47 Å². The number of hydrogen-bond acceptors (Lipinski definition) is 6. The highest BCUT2D eigenvalue weighted by atomic mass is 16.5. The average molecular weight is 424 g/mol. The first kappa shape index (κ1) is 22.0. The van der Waals surface area contributed by atoms with Crippen molar-refractivity contribution in [3.05, 3.63) is 60.2 Å². The Labute approximate surface area is 179 Å². The van der Waals surface area contributed by atoms with Crippen LogP contribution in [0.1, 0.15) is 18.4 Å². The van der Waals surface area contributed by atoms with Crippen molar-refractivity contribution in [2.24, 2.45) is 5.10 Å². The second-order valence-corrected chi connectivity index (χ2v) is 6.82. The monoisotopic (exact) mass is 424 g/mol. The summed E-state index contributed by atoms with van der Waals surface area (Å²) in [7, 11) is 0. The Bertz CT molecular complexity index is 909. The molecule has 1 aliphatic heterocycles. The molecule has 0 aliphatic carbocycles. The molecular formula is C22H24N4O5. The fraction of sp³-hybridized carbons (Fsp3) is 0.273. The third kappa shape index (κ3) is 7.56. The first-order valence-corrected chi connectivity index (χ1v) is 9.91. The fourth-order valence-corrected chi connectivity index (χ4v) is 2.83. The van der Waals surface area contributed by atoms with Gasteiger partial charge < -0.3 is 20.1 Å². The molecule has 0 spiro atoms. The molecule has 3 N–H and O–H groups in total. The molecule has 9 heteroatoms. The van der Waals surface area contributed by atoms with Crippen molar-refractivity contribution >= 4 is 29.6 Å². The van der Waals surface area contributed by atoms with Gasteiger partial charge in [0.2, 0.25) is 0 Å². The number of hydrazone groups is 1. The number of amides is 3. The average Bonchev–Trinajstić information content (AvgIpc) is 3.31. The van der Waals surface area contributed by atoms with Gasteiger partial charge in [-0.1, -0.05) is 18.2 Å². The topological polar surface area (TPSA) is 118 Å². The molecule has 31 heavy (non-hydrogen) atoms. The molecule has 0 unspecified atom stereocenters. The first-order valence-electron chi connectivity index (χ1n) is 9.91. The van der Waals surface area contributed by atoms with Gasteiger partial charge in [0, 0.05) is 18.8 Å². The van der Waals surface area contributed by atoms with Crippen molar-refractivity contribution < 1.29 is 23.9 Å². The SMILES string of the molecule is O=C(COc1ccc(/C=N\NC(=O)C(=O)NC[C@@H]2CCCO2)cc1)Nc1ccccc1. The molecular weight excluding hydrogens is 400 g/mol. The molecule has 1 heterocycles. The molecule has 0 radical (unpaired) electrons. The van der Waals surface area contributed by atoms with Gasteiger partial charge in [-0.25, -0.2) is 5.43 Å². The van der Waals surface area contributed by atoms with Gasteiger partial charge in [-0.15, -0.1) is 0 Å². The smallest absolute Gasteiger partial charge is 0.329 e. The zero-order valence-corrected chi connectivity index (χ0v) is 16.9. The van der Waals surface area contributed by atoms with Crippen molar-refractivity contribution in [1.82, 2.24) is 10.7 Å². The molecule has 3 rings (SSSR count). The Hall–Kier alpha value is -3.72. The molecule has 9 nitrogen and oxygen atoms in total. The van der Waals surface area contributed by atoms with Crippen LogP contribution in [0.2, 0.25) is 0 Å². The number of benzene rings is 2. The zero-order valence-electron chi connectivity index (χ0n) is 16.9. The van der Waals surface area contributed by atoms with Crippen LogP contribution in [-0.4, -0.2) is 49.8 Å². The van der Waals surface area contributed by atoms with Crippen LogP contribution < -0.4 is 20.8 Å². The van der Waals surface area contributed by atoms with Crippen LogP contribution in [0.4, 0.5) is 5.69 Å². The van der Waals surface area contributed by atoms with Gasteiger partial charge in [-0.3, -0.25) is 14.4 Å². The van der Waals surface area contributed by atoms with Gasteiger partial charge >= 0.3 is 11.8 Å². The quantitative estimate of drug-likeness (QED) is 0.337. The summed E-state index contributed by atoms with van der Waals surface area (Å²) >= 11 is 0. The van der Waals surface area contributed by atoms with Gasteiger partial charge in [0.15, 0.2) is 6.61 Å². The van der Waals surface area contributed by atoms with Crippen molar-refractivity contribution in [1.29, 1.82) is 0 Å². The molecule has 2 aromatic carbocycles. The van der Waals surface area contributed by atoms with Gasteiger partial charge in [0.05, 0.1) is 12.3 Å². The van der Waals surface area contributed by atoms with E-state index >= 15 is 0 Å². The first-order chi connectivity index (χ1) is 15.1. The lowest BCUT2D eigenvalue weighted by atomic mass is 10.2. The predicted molar refractivity (Wildman–Crippen MR) is 115 cm³/mol. The van der Waals surface area contributed by atoms with E-state index in [0.29, 0.717) is 30.2 Å².